The molecule has 0 saturated carbocycles. The Morgan fingerprint density at radius 3 is 2.48 bits per heavy atom. The van der Waals surface area contributed by atoms with Gasteiger partial charge in [0.25, 0.3) is 0 Å². The topological polar surface area (TPSA) is 70.9 Å². The predicted octanol–water partition coefficient (Wildman–Crippen LogP) is 3.71. The van der Waals surface area contributed by atoms with Gasteiger partial charge >= 0.3 is 0 Å². The summed E-state index contributed by atoms with van der Waals surface area (Å²) in [4.78, 5) is 13.3. The monoisotopic (exact) mass is 348 g/mol. The normalized spacial score (nSPS) is 11.0. The second-order valence-electron chi connectivity index (χ2n) is 4.93. The van der Waals surface area contributed by atoms with Crippen LogP contribution in [0.1, 0.15) is 5.82 Å². The van der Waals surface area contributed by atoms with E-state index in [0.29, 0.717) is 45.1 Å². The Labute approximate surface area is 143 Å². The van der Waals surface area contributed by atoms with E-state index in [9.17, 15) is 0 Å². The van der Waals surface area contributed by atoms with Gasteiger partial charge in [-0.15, -0.1) is 0 Å². The third-order valence-electron chi connectivity index (χ3n) is 3.29. The molecule has 3 aromatic rings. The van der Waals surface area contributed by atoms with Crippen molar-refractivity contribution >= 4 is 40.1 Å². The number of hydrogen-bond acceptors (Lipinski definition) is 5. The molecule has 2 heterocycles. The molecule has 0 aliphatic carbocycles. The molecule has 0 saturated heterocycles. The lowest BCUT2D eigenvalue weighted by molar-refractivity contribution is 0.311. The number of anilines is 1. The fourth-order valence-corrected chi connectivity index (χ4v) is 2.90. The molecule has 0 aliphatic rings. The first-order valence-corrected chi connectivity index (χ1v) is 7.80. The second-order valence-corrected chi connectivity index (χ2v) is 5.75. The Bertz CT molecular complexity index is 850. The summed E-state index contributed by atoms with van der Waals surface area (Å²) >= 11 is 12.5. The van der Waals surface area contributed by atoms with Gasteiger partial charge in [-0.05, 0) is 31.2 Å². The quantitative estimate of drug-likeness (QED) is 0.751. The summed E-state index contributed by atoms with van der Waals surface area (Å²) < 4.78 is 0. The Balaban J connectivity index is 2.16. The molecule has 0 bridgehead atoms. The number of fused-ring (bicyclic) bond motifs is 1. The number of nitrogens with one attached hydrogen (secondary N) is 1. The number of rotatable bonds is 4. The van der Waals surface area contributed by atoms with Gasteiger partial charge in [-0.1, -0.05) is 29.3 Å². The van der Waals surface area contributed by atoms with Gasteiger partial charge in [0.15, 0.2) is 5.65 Å². The number of aliphatic hydroxyl groups excluding tert-OH is 1. The highest BCUT2D eigenvalue weighted by Crippen LogP contribution is 2.34. The van der Waals surface area contributed by atoms with Crippen LogP contribution in [0, 0.1) is 6.92 Å². The van der Waals surface area contributed by atoms with E-state index in [2.05, 4.69) is 20.3 Å². The van der Waals surface area contributed by atoms with E-state index in [0.717, 1.165) is 5.39 Å². The van der Waals surface area contributed by atoms with Crippen LogP contribution in [0.4, 0.5) is 5.82 Å². The van der Waals surface area contributed by atoms with Crippen LogP contribution >= 0.6 is 23.2 Å². The first-order valence-electron chi connectivity index (χ1n) is 7.04. The maximum absolute atomic E-state index is 8.97. The Morgan fingerprint density at radius 1 is 1.04 bits per heavy atom. The van der Waals surface area contributed by atoms with E-state index in [1.165, 1.54) is 0 Å². The number of pyridine rings is 1. The maximum atomic E-state index is 8.97. The van der Waals surface area contributed by atoms with Crippen molar-refractivity contribution in [1.29, 1.82) is 0 Å². The van der Waals surface area contributed by atoms with E-state index in [1.54, 1.807) is 25.1 Å². The van der Waals surface area contributed by atoms with E-state index < -0.39 is 0 Å². The summed E-state index contributed by atoms with van der Waals surface area (Å²) in [6, 6.07) is 9.04. The fourth-order valence-electron chi connectivity index (χ4n) is 2.31. The van der Waals surface area contributed by atoms with Gasteiger partial charge < -0.3 is 10.4 Å². The zero-order valence-electron chi connectivity index (χ0n) is 12.3. The van der Waals surface area contributed by atoms with Crippen LogP contribution in [0.25, 0.3) is 22.3 Å². The third kappa shape index (κ3) is 3.22. The van der Waals surface area contributed by atoms with E-state index in [-0.39, 0.29) is 6.61 Å². The molecule has 2 N–H and O–H groups in total. The molecule has 1 aromatic carbocycles. The zero-order chi connectivity index (χ0) is 16.4. The third-order valence-corrected chi connectivity index (χ3v) is 3.92. The van der Waals surface area contributed by atoms with Crippen LogP contribution in [-0.4, -0.2) is 33.2 Å². The van der Waals surface area contributed by atoms with Gasteiger partial charge in [-0.2, -0.15) is 0 Å². The largest absolute Gasteiger partial charge is 0.395 e. The van der Waals surface area contributed by atoms with Crippen molar-refractivity contribution < 1.29 is 5.11 Å². The van der Waals surface area contributed by atoms with Crippen molar-refractivity contribution in [1.82, 2.24) is 15.0 Å². The molecule has 5 nitrogen and oxygen atoms in total. The van der Waals surface area contributed by atoms with Gasteiger partial charge in [0.05, 0.1) is 27.7 Å². The minimum Gasteiger partial charge on any atom is -0.395 e. The van der Waals surface area contributed by atoms with Crippen LogP contribution in [0.3, 0.4) is 0 Å². The van der Waals surface area contributed by atoms with Crippen LogP contribution in [0.5, 0.6) is 0 Å². The van der Waals surface area contributed by atoms with Crippen molar-refractivity contribution in [2.75, 3.05) is 18.5 Å². The van der Waals surface area contributed by atoms with Crippen LogP contribution < -0.4 is 5.32 Å². The Kier molecular flexibility index (Phi) is 4.61. The van der Waals surface area contributed by atoms with Gasteiger partial charge in [0, 0.05) is 12.1 Å². The Morgan fingerprint density at radius 2 is 1.78 bits per heavy atom. The summed E-state index contributed by atoms with van der Waals surface area (Å²) in [6.45, 7) is 2.22. The standard InChI is InChI=1S/C16H14Cl2N4O/c1-9-20-15(19-7-8-23)10-5-6-13(22-16(10)21-9)14-11(17)3-2-4-12(14)18/h2-6,23H,7-8H2,1H3,(H,19,20,21,22). The second kappa shape index (κ2) is 6.66. The number of aromatic nitrogens is 3. The zero-order valence-corrected chi connectivity index (χ0v) is 13.9. The molecule has 2 aromatic heterocycles. The fraction of sp³-hybridized carbons (Fsp3) is 0.188. The lowest BCUT2D eigenvalue weighted by Gasteiger charge is -2.10. The number of aryl methyl sites for hydroxylation is 1. The van der Waals surface area contributed by atoms with E-state index >= 15 is 0 Å². The molecule has 0 atom stereocenters. The minimum atomic E-state index is 0.0191. The molecule has 0 aliphatic heterocycles. The summed E-state index contributed by atoms with van der Waals surface area (Å²) in [7, 11) is 0. The smallest absolute Gasteiger partial charge is 0.165 e. The summed E-state index contributed by atoms with van der Waals surface area (Å²) in [5.41, 5.74) is 1.88. The lowest BCUT2D eigenvalue weighted by Crippen LogP contribution is -2.09. The maximum Gasteiger partial charge on any atom is 0.165 e. The molecule has 7 heteroatoms. The number of halogens is 2. The Hall–Kier alpha value is -1.95. The molecule has 0 unspecified atom stereocenters. The van der Waals surface area contributed by atoms with Crippen LogP contribution in [0.2, 0.25) is 10.0 Å². The molecule has 0 radical (unpaired) electrons. The van der Waals surface area contributed by atoms with Crippen molar-refractivity contribution in [2.45, 2.75) is 6.92 Å². The molecule has 3 rings (SSSR count). The van der Waals surface area contributed by atoms with Gasteiger partial charge in [0.1, 0.15) is 11.6 Å². The molecule has 118 valence electrons. The van der Waals surface area contributed by atoms with E-state index in [1.807, 2.05) is 12.1 Å². The van der Waals surface area contributed by atoms with Gasteiger partial charge in [0.2, 0.25) is 0 Å². The number of benzene rings is 1. The van der Waals surface area contributed by atoms with Crippen molar-refractivity contribution in [3.63, 3.8) is 0 Å². The van der Waals surface area contributed by atoms with Crippen molar-refractivity contribution in [3.8, 4) is 11.3 Å². The molecule has 0 fully saturated rings. The SMILES string of the molecule is Cc1nc(NCCO)c2ccc(-c3c(Cl)cccc3Cl)nc2n1. The molecule has 0 spiro atoms. The molecule has 23 heavy (non-hydrogen) atoms. The molecule has 0 amide bonds. The first-order chi connectivity index (χ1) is 11.1. The number of nitrogens with zero attached hydrogens (tertiary/aromatic N) is 3. The summed E-state index contributed by atoms with van der Waals surface area (Å²) in [5.74, 6) is 1.23. The highest BCUT2D eigenvalue weighted by atomic mass is 35.5. The van der Waals surface area contributed by atoms with Crippen molar-refractivity contribution in [3.05, 3.63) is 46.2 Å². The predicted molar refractivity (Wildman–Crippen MR) is 93.1 cm³/mol. The average Bonchev–Trinajstić information content (AvgIpc) is 2.52. The average molecular weight is 349 g/mol. The van der Waals surface area contributed by atoms with Crippen LogP contribution in [0.15, 0.2) is 30.3 Å². The summed E-state index contributed by atoms with van der Waals surface area (Å²) in [6.07, 6.45) is 0. The minimum absolute atomic E-state index is 0.0191. The molecular formula is C16H14Cl2N4O. The first kappa shape index (κ1) is 15.9. The number of hydrogen-bond donors (Lipinski definition) is 2. The lowest BCUT2D eigenvalue weighted by atomic mass is 10.1. The number of aliphatic hydroxyl groups is 1. The van der Waals surface area contributed by atoms with Gasteiger partial charge in [-0.3, -0.25) is 0 Å². The highest BCUT2D eigenvalue weighted by molar-refractivity contribution is 6.39. The van der Waals surface area contributed by atoms with Gasteiger partial charge in [-0.25, -0.2) is 15.0 Å². The highest BCUT2D eigenvalue weighted by Gasteiger charge is 2.13. The van der Waals surface area contributed by atoms with Crippen molar-refractivity contribution in [2.24, 2.45) is 0 Å². The van der Waals surface area contributed by atoms with E-state index in [4.69, 9.17) is 28.3 Å². The van der Waals surface area contributed by atoms with Crippen LogP contribution in [-0.2, 0) is 0 Å². The summed E-state index contributed by atoms with van der Waals surface area (Å²) in [5, 5.41) is 13.9. The molecular weight excluding hydrogens is 335 g/mol.